The number of benzene rings is 1. The summed E-state index contributed by atoms with van der Waals surface area (Å²) in [7, 11) is 0. The van der Waals surface area contributed by atoms with Crippen LogP contribution >= 0.6 is 0 Å². The van der Waals surface area contributed by atoms with Gasteiger partial charge in [0.2, 0.25) is 0 Å². The average molecular weight is 469 g/mol. The molecule has 2 atom stereocenters. The molecule has 184 valence electrons. The van der Waals surface area contributed by atoms with Gasteiger partial charge in [-0.15, -0.1) is 0 Å². The van der Waals surface area contributed by atoms with Crippen LogP contribution in [-0.4, -0.2) is 64.0 Å². The van der Waals surface area contributed by atoms with Gasteiger partial charge in [0.15, 0.2) is 5.78 Å². The highest BCUT2D eigenvalue weighted by molar-refractivity contribution is 5.95. The molecule has 0 aromatic heterocycles. The quantitative estimate of drug-likeness (QED) is 0.645. The Kier molecular flexibility index (Phi) is 7.71. The summed E-state index contributed by atoms with van der Waals surface area (Å²) in [4.78, 5) is 37.2. The first kappa shape index (κ1) is 24.5. The lowest BCUT2D eigenvalue weighted by atomic mass is 9.82. The molecule has 1 aromatic carbocycles. The SMILES string of the molecule is O=C(O)/C=C/C(=O)O.O=C1CCN(c2ccccc2)C12CCN(C1CC3CCCCC3C1)CC2. The Morgan fingerprint density at radius 3 is 1.97 bits per heavy atom. The van der Waals surface area contributed by atoms with E-state index in [1.165, 1.54) is 44.2 Å². The van der Waals surface area contributed by atoms with Crippen molar-refractivity contribution in [3.05, 3.63) is 42.5 Å². The van der Waals surface area contributed by atoms with Gasteiger partial charge < -0.3 is 20.0 Å². The second kappa shape index (κ2) is 10.7. The first-order chi connectivity index (χ1) is 16.4. The number of nitrogens with zero attached hydrogens (tertiary/aromatic N) is 2. The van der Waals surface area contributed by atoms with Crippen LogP contribution in [0.3, 0.4) is 0 Å². The Morgan fingerprint density at radius 1 is 0.882 bits per heavy atom. The summed E-state index contributed by atoms with van der Waals surface area (Å²) in [6.07, 6.45) is 12.6. The second-order valence-electron chi connectivity index (χ2n) is 10.2. The third-order valence-corrected chi connectivity index (χ3v) is 8.39. The van der Waals surface area contributed by atoms with E-state index in [4.69, 9.17) is 10.2 Å². The molecule has 4 aliphatic rings. The van der Waals surface area contributed by atoms with Crippen LogP contribution in [0.2, 0.25) is 0 Å². The summed E-state index contributed by atoms with van der Waals surface area (Å²) < 4.78 is 0. The van der Waals surface area contributed by atoms with E-state index in [1.807, 2.05) is 0 Å². The lowest BCUT2D eigenvalue weighted by Crippen LogP contribution is -2.57. The van der Waals surface area contributed by atoms with Crippen molar-refractivity contribution in [2.45, 2.75) is 69.4 Å². The molecule has 1 aromatic rings. The maximum Gasteiger partial charge on any atom is 0.328 e. The zero-order valence-electron chi connectivity index (χ0n) is 19.8. The molecule has 2 saturated carbocycles. The zero-order valence-corrected chi connectivity index (χ0v) is 19.8. The van der Waals surface area contributed by atoms with Crippen molar-refractivity contribution in [3.8, 4) is 0 Å². The van der Waals surface area contributed by atoms with Crippen molar-refractivity contribution in [2.75, 3.05) is 24.5 Å². The van der Waals surface area contributed by atoms with Crippen LogP contribution in [-0.2, 0) is 14.4 Å². The van der Waals surface area contributed by atoms with Crippen LogP contribution in [0.4, 0.5) is 5.69 Å². The number of rotatable bonds is 4. The van der Waals surface area contributed by atoms with E-state index in [0.29, 0.717) is 17.9 Å². The van der Waals surface area contributed by atoms with Crippen LogP contribution in [0.15, 0.2) is 42.5 Å². The second-order valence-corrected chi connectivity index (χ2v) is 10.2. The molecule has 2 heterocycles. The van der Waals surface area contributed by atoms with E-state index in [1.54, 1.807) is 0 Å². The number of fused-ring (bicyclic) bond motifs is 1. The Hall–Kier alpha value is -2.67. The largest absolute Gasteiger partial charge is 0.478 e. The summed E-state index contributed by atoms with van der Waals surface area (Å²) in [5.74, 6) is -0.0296. The predicted octanol–water partition coefficient (Wildman–Crippen LogP) is 3.98. The fourth-order valence-corrected chi connectivity index (χ4v) is 6.74. The Balaban J connectivity index is 0.000000297. The van der Waals surface area contributed by atoms with Gasteiger partial charge in [0.1, 0.15) is 5.54 Å². The minimum atomic E-state index is -1.26. The molecule has 2 aliphatic carbocycles. The van der Waals surface area contributed by atoms with Gasteiger partial charge in [-0.05, 0) is 49.7 Å². The molecule has 7 nitrogen and oxygen atoms in total. The molecule has 2 saturated heterocycles. The number of aliphatic carboxylic acids is 2. The Morgan fingerprint density at radius 2 is 1.44 bits per heavy atom. The van der Waals surface area contributed by atoms with Crippen molar-refractivity contribution in [3.63, 3.8) is 0 Å². The number of ketones is 1. The average Bonchev–Trinajstić information content (AvgIpc) is 3.41. The number of hydrogen-bond donors (Lipinski definition) is 2. The number of likely N-dealkylation sites (tertiary alicyclic amines) is 1. The molecule has 0 bridgehead atoms. The minimum Gasteiger partial charge on any atom is -0.478 e. The molecular formula is C27H36N2O5. The van der Waals surface area contributed by atoms with Crippen LogP contribution in [0.1, 0.15) is 57.8 Å². The first-order valence-corrected chi connectivity index (χ1v) is 12.6. The van der Waals surface area contributed by atoms with Crippen molar-refractivity contribution >= 4 is 23.4 Å². The van der Waals surface area contributed by atoms with Crippen molar-refractivity contribution in [1.82, 2.24) is 4.90 Å². The summed E-state index contributed by atoms with van der Waals surface area (Å²) in [6.45, 7) is 3.12. The monoisotopic (exact) mass is 468 g/mol. The van der Waals surface area contributed by atoms with Crippen LogP contribution in [0.25, 0.3) is 0 Å². The summed E-state index contributed by atoms with van der Waals surface area (Å²) in [6, 6.07) is 11.4. The number of carbonyl (C=O) groups excluding carboxylic acids is 1. The number of piperidine rings is 1. The minimum absolute atomic E-state index is 0.219. The van der Waals surface area contributed by atoms with Gasteiger partial charge >= 0.3 is 11.9 Å². The first-order valence-electron chi connectivity index (χ1n) is 12.6. The van der Waals surface area contributed by atoms with Gasteiger partial charge in [0, 0.05) is 49.9 Å². The molecule has 0 radical (unpaired) electrons. The van der Waals surface area contributed by atoms with Crippen molar-refractivity contribution in [2.24, 2.45) is 11.8 Å². The van der Waals surface area contributed by atoms with Gasteiger partial charge in [-0.25, -0.2) is 9.59 Å². The molecule has 1 spiro atoms. The standard InChI is InChI=1S/C23H32N2O.C4H4O4/c26-22-10-13-25(20-8-2-1-3-9-20)23(22)11-14-24(15-12-23)21-16-18-6-4-5-7-19(18)17-21;5-3(6)1-2-4(7)8/h1-3,8-9,18-19,21H,4-7,10-17H2;1-2H,(H,5,6)(H,7,8)/b;2-1+. The molecule has 4 fully saturated rings. The van der Waals surface area contributed by atoms with E-state index in [-0.39, 0.29) is 5.54 Å². The smallest absolute Gasteiger partial charge is 0.328 e. The predicted molar refractivity (Wildman–Crippen MR) is 130 cm³/mol. The third kappa shape index (κ3) is 5.35. The van der Waals surface area contributed by atoms with Crippen LogP contribution in [0.5, 0.6) is 0 Å². The van der Waals surface area contributed by atoms with Crippen LogP contribution in [0, 0.1) is 11.8 Å². The van der Waals surface area contributed by atoms with Gasteiger partial charge in [0.25, 0.3) is 0 Å². The highest BCUT2D eigenvalue weighted by Crippen LogP contribution is 2.46. The molecule has 34 heavy (non-hydrogen) atoms. The fourth-order valence-electron chi connectivity index (χ4n) is 6.74. The van der Waals surface area contributed by atoms with Gasteiger partial charge in [0.05, 0.1) is 0 Å². The molecule has 2 N–H and O–H groups in total. The van der Waals surface area contributed by atoms with E-state index >= 15 is 0 Å². The molecule has 5 rings (SSSR count). The van der Waals surface area contributed by atoms with Crippen molar-refractivity contribution < 1.29 is 24.6 Å². The molecule has 0 amide bonds. The van der Waals surface area contributed by atoms with Gasteiger partial charge in [-0.3, -0.25) is 4.79 Å². The number of carbonyl (C=O) groups is 3. The molecule has 2 aliphatic heterocycles. The van der Waals surface area contributed by atoms with E-state index in [0.717, 1.165) is 56.8 Å². The van der Waals surface area contributed by atoms with E-state index in [9.17, 15) is 14.4 Å². The fraction of sp³-hybridized carbons (Fsp3) is 0.593. The van der Waals surface area contributed by atoms with E-state index in [2.05, 4.69) is 40.1 Å². The molecular weight excluding hydrogens is 432 g/mol. The lowest BCUT2D eigenvalue weighted by molar-refractivity contribution is -0.134. The number of anilines is 1. The number of carboxylic acids is 2. The normalized spacial score (nSPS) is 28.5. The number of hydrogen-bond acceptors (Lipinski definition) is 5. The summed E-state index contributed by atoms with van der Waals surface area (Å²) in [5, 5.41) is 15.6. The summed E-state index contributed by atoms with van der Waals surface area (Å²) >= 11 is 0. The van der Waals surface area contributed by atoms with Crippen LogP contribution < -0.4 is 4.90 Å². The number of carboxylic acid groups (broad SMARTS) is 2. The lowest BCUT2D eigenvalue weighted by Gasteiger charge is -2.46. The zero-order chi connectivity index (χ0) is 24.1. The highest BCUT2D eigenvalue weighted by Gasteiger charge is 2.51. The maximum absolute atomic E-state index is 12.9. The summed E-state index contributed by atoms with van der Waals surface area (Å²) in [5.41, 5.74) is 1.02. The topological polar surface area (TPSA) is 98.1 Å². The van der Waals surface area contributed by atoms with E-state index < -0.39 is 11.9 Å². The number of Topliss-reactive ketones (excluding diaryl/α,β-unsaturated/α-hetero) is 1. The molecule has 2 unspecified atom stereocenters. The van der Waals surface area contributed by atoms with Gasteiger partial charge in [-0.2, -0.15) is 0 Å². The number of para-hydroxylation sites is 1. The highest BCUT2D eigenvalue weighted by atomic mass is 16.4. The Labute approximate surface area is 201 Å². The van der Waals surface area contributed by atoms with Crippen molar-refractivity contribution in [1.29, 1.82) is 0 Å². The molecule has 7 heteroatoms. The Bertz CT molecular complexity index is 877. The third-order valence-electron chi connectivity index (χ3n) is 8.39. The van der Waals surface area contributed by atoms with Gasteiger partial charge in [-0.1, -0.05) is 43.9 Å². The maximum atomic E-state index is 12.9.